The van der Waals surface area contributed by atoms with E-state index >= 15 is 0 Å². The molecular formula is C26H25FN3O3PS. The smallest absolute Gasteiger partial charge is 0.278 e. The van der Waals surface area contributed by atoms with E-state index in [4.69, 9.17) is 4.52 Å². The van der Waals surface area contributed by atoms with E-state index in [1.54, 1.807) is 28.7 Å². The van der Waals surface area contributed by atoms with Gasteiger partial charge in [0.15, 0.2) is 5.69 Å². The number of hydrogen-bond donors (Lipinski definition) is 0. The molecule has 35 heavy (non-hydrogen) atoms. The number of piperidine rings is 1. The molecule has 4 heterocycles. The van der Waals surface area contributed by atoms with Crippen molar-refractivity contribution in [2.45, 2.75) is 42.6 Å². The second kappa shape index (κ2) is 8.68. The Morgan fingerprint density at radius 2 is 1.94 bits per heavy atom. The van der Waals surface area contributed by atoms with E-state index in [1.165, 1.54) is 12.1 Å². The van der Waals surface area contributed by atoms with Crippen LogP contribution in [0.3, 0.4) is 0 Å². The maximum absolute atomic E-state index is 14.3. The van der Waals surface area contributed by atoms with Gasteiger partial charge in [0.25, 0.3) is 5.91 Å². The van der Waals surface area contributed by atoms with Gasteiger partial charge in [-0.2, -0.15) is 0 Å². The van der Waals surface area contributed by atoms with Crippen molar-refractivity contribution in [3.63, 3.8) is 0 Å². The number of carbonyl (C=O) groups is 1. The molecule has 1 fully saturated rings. The average molecular weight is 510 g/mol. The quantitative estimate of drug-likeness (QED) is 0.469. The number of benzene rings is 2. The van der Waals surface area contributed by atoms with Gasteiger partial charge in [0.05, 0.1) is 15.5 Å². The first-order chi connectivity index (χ1) is 17.0. The van der Waals surface area contributed by atoms with Gasteiger partial charge in [-0.05, 0) is 53.6 Å². The van der Waals surface area contributed by atoms with Crippen LogP contribution in [0.4, 0.5) is 4.39 Å². The number of pyridine rings is 1. The number of halogens is 1. The fourth-order valence-corrected chi connectivity index (χ4v) is 6.91. The summed E-state index contributed by atoms with van der Waals surface area (Å²) < 4.78 is 21.5. The first-order valence-electron chi connectivity index (χ1n) is 11.7. The van der Waals surface area contributed by atoms with Crippen LogP contribution in [-0.4, -0.2) is 28.2 Å². The Labute approximate surface area is 209 Å². The summed E-state index contributed by atoms with van der Waals surface area (Å²) in [6.45, 7) is 2.80. The minimum absolute atomic E-state index is 0.0141. The van der Waals surface area contributed by atoms with Crippen LogP contribution >= 0.6 is 21.2 Å². The highest BCUT2D eigenvalue weighted by atomic mass is 32.2. The van der Waals surface area contributed by atoms with Crippen LogP contribution in [0, 0.1) is 11.7 Å². The summed E-state index contributed by atoms with van der Waals surface area (Å²) in [5, 5.41) is 2.19. The molecule has 3 aliphatic rings. The number of amides is 1. The van der Waals surface area contributed by atoms with Gasteiger partial charge in [0, 0.05) is 29.5 Å². The Kier molecular flexibility index (Phi) is 5.61. The molecule has 3 aromatic rings. The molecule has 0 bridgehead atoms. The van der Waals surface area contributed by atoms with E-state index < -0.39 is 0 Å². The molecule has 0 N–H and O–H groups in total. The van der Waals surface area contributed by atoms with E-state index in [1.807, 2.05) is 23.1 Å². The third-order valence-electron chi connectivity index (χ3n) is 7.27. The van der Waals surface area contributed by atoms with Gasteiger partial charge in [-0.15, -0.1) is 11.8 Å². The van der Waals surface area contributed by atoms with Gasteiger partial charge >= 0.3 is 0 Å². The summed E-state index contributed by atoms with van der Waals surface area (Å²) in [6.07, 6.45) is 3.13. The SMILES string of the molecule is C[C@@H]1CCN2C(=O)c3c(OP)c(=O)ccn3N([C@H]3c4ccc(F)cc4CSc4ccccc43)[C@@H]2C1. The van der Waals surface area contributed by atoms with Gasteiger partial charge in [-0.3, -0.25) is 19.3 Å². The van der Waals surface area contributed by atoms with Gasteiger partial charge < -0.3 is 9.42 Å². The molecule has 1 aromatic heterocycles. The minimum Gasteiger partial charge on any atom is -0.474 e. The first-order valence-corrected chi connectivity index (χ1v) is 13.2. The normalized spacial score (nSPS) is 23.1. The fraction of sp³-hybridized carbons (Fsp3) is 0.308. The van der Waals surface area contributed by atoms with E-state index in [0.29, 0.717) is 18.2 Å². The molecule has 0 saturated carbocycles. The maximum Gasteiger partial charge on any atom is 0.278 e. The van der Waals surface area contributed by atoms with Crippen molar-refractivity contribution in [3.8, 4) is 5.75 Å². The maximum atomic E-state index is 14.3. The largest absolute Gasteiger partial charge is 0.474 e. The number of aromatic nitrogens is 1. The van der Waals surface area contributed by atoms with Crippen LogP contribution in [0.1, 0.15) is 53.0 Å². The predicted molar refractivity (Wildman–Crippen MR) is 137 cm³/mol. The summed E-state index contributed by atoms with van der Waals surface area (Å²) in [6, 6.07) is 14.4. The van der Waals surface area contributed by atoms with Crippen molar-refractivity contribution in [2.75, 3.05) is 11.6 Å². The van der Waals surface area contributed by atoms with Crippen LogP contribution in [0.5, 0.6) is 5.75 Å². The number of nitrogens with zero attached hydrogens (tertiary/aromatic N) is 3. The summed E-state index contributed by atoms with van der Waals surface area (Å²) in [5.41, 5.74) is 2.88. The molecule has 9 heteroatoms. The van der Waals surface area contributed by atoms with Crippen LogP contribution < -0.4 is 15.0 Å². The lowest BCUT2D eigenvalue weighted by molar-refractivity contribution is 0.0396. The Balaban J connectivity index is 1.66. The summed E-state index contributed by atoms with van der Waals surface area (Å²) in [7, 11) is 2.10. The molecule has 1 saturated heterocycles. The third-order valence-corrected chi connectivity index (χ3v) is 8.64. The number of rotatable bonds is 2. The Bertz CT molecular complexity index is 1400. The van der Waals surface area contributed by atoms with E-state index in [-0.39, 0.29) is 40.8 Å². The fourth-order valence-electron chi connectivity index (χ4n) is 5.60. The minimum atomic E-state index is -0.345. The van der Waals surface area contributed by atoms with Gasteiger partial charge in [-0.1, -0.05) is 31.2 Å². The molecule has 6 nitrogen and oxygen atoms in total. The highest BCUT2D eigenvalue weighted by Crippen LogP contribution is 2.45. The van der Waals surface area contributed by atoms with E-state index in [2.05, 4.69) is 33.5 Å². The second-order valence-electron chi connectivity index (χ2n) is 9.38. The molecule has 0 spiro atoms. The molecule has 0 aliphatic carbocycles. The summed E-state index contributed by atoms with van der Waals surface area (Å²) >= 11 is 1.69. The van der Waals surface area contributed by atoms with Crippen molar-refractivity contribution in [3.05, 3.63) is 93.2 Å². The Morgan fingerprint density at radius 3 is 2.77 bits per heavy atom. The zero-order valence-corrected chi connectivity index (χ0v) is 21.2. The third kappa shape index (κ3) is 3.57. The van der Waals surface area contributed by atoms with E-state index in [0.717, 1.165) is 34.4 Å². The van der Waals surface area contributed by atoms with Crippen molar-refractivity contribution in [1.29, 1.82) is 0 Å². The van der Waals surface area contributed by atoms with Crippen molar-refractivity contribution >= 4 is 27.1 Å². The number of hydrogen-bond acceptors (Lipinski definition) is 5. The molecule has 3 aliphatic heterocycles. The molecular weight excluding hydrogens is 484 g/mol. The predicted octanol–water partition coefficient (Wildman–Crippen LogP) is 4.70. The zero-order valence-electron chi connectivity index (χ0n) is 19.2. The average Bonchev–Trinajstić information content (AvgIpc) is 3.01. The molecule has 1 unspecified atom stereocenters. The van der Waals surface area contributed by atoms with Gasteiger partial charge in [-0.25, -0.2) is 4.39 Å². The Morgan fingerprint density at radius 1 is 1.11 bits per heavy atom. The summed E-state index contributed by atoms with van der Waals surface area (Å²) in [4.78, 5) is 29.4. The molecule has 180 valence electrons. The lowest BCUT2D eigenvalue weighted by Gasteiger charge is -2.53. The lowest BCUT2D eigenvalue weighted by Crippen LogP contribution is -2.64. The number of carbonyl (C=O) groups excluding carboxylic acids is 1. The zero-order chi connectivity index (χ0) is 24.3. The van der Waals surface area contributed by atoms with E-state index in [9.17, 15) is 14.0 Å². The van der Waals surface area contributed by atoms with Crippen LogP contribution in [0.2, 0.25) is 0 Å². The Hall–Kier alpha value is -2.83. The standard InChI is InChI=1S/C26H25FN3O3PS/c1-15-8-10-28-22(12-15)30(29-11-9-20(31)25(33-34)24(29)26(28)32)23-18-7-6-17(27)13-16(18)14-35-21-5-3-2-4-19(21)23/h2-7,9,11,13,15,22-23H,8,10,12,14,34H2,1H3/t15-,22-,23+/m1/s1. The topological polar surface area (TPSA) is 54.8 Å². The number of thioether (sulfide) groups is 1. The van der Waals surface area contributed by atoms with Gasteiger partial charge in [0.2, 0.25) is 11.2 Å². The van der Waals surface area contributed by atoms with Crippen LogP contribution in [-0.2, 0) is 5.75 Å². The monoisotopic (exact) mass is 509 g/mol. The van der Waals surface area contributed by atoms with Crippen LogP contribution in [0.25, 0.3) is 0 Å². The lowest BCUT2D eigenvalue weighted by atomic mass is 9.90. The molecule has 1 amide bonds. The van der Waals surface area contributed by atoms with Crippen molar-refractivity contribution in [1.82, 2.24) is 9.58 Å². The van der Waals surface area contributed by atoms with Crippen molar-refractivity contribution in [2.24, 2.45) is 5.92 Å². The van der Waals surface area contributed by atoms with Crippen LogP contribution in [0.15, 0.2) is 64.4 Å². The molecule has 2 aromatic carbocycles. The highest BCUT2D eigenvalue weighted by Gasteiger charge is 2.46. The second-order valence-corrected chi connectivity index (χ2v) is 10.6. The summed E-state index contributed by atoms with van der Waals surface area (Å²) in [5.74, 6) is 0.616. The molecule has 6 rings (SSSR count). The number of fused-ring (bicyclic) bond motifs is 4. The first kappa shape index (κ1) is 22.6. The highest BCUT2D eigenvalue weighted by molar-refractivity contribution is 7.98. The van der Waals surface area contributed by atoms with Crippen molar-refractivity contribution < 1.29 is 13.7 Å². The molecule has 4 atom stereocenters. The van der Waals surface area contributed by atoms with Gasteiger partial charge in [0.1, 0.15) is 12.0 Å². The molecule has 0 radical (unpaired) electrons.